The van der Waals surface area contributed by atoms with E-state index in [1.54, 1.807) is 24.3 Å². The lowest BCUT2D eigenvalue weighted by molar-refractivity contribution is 0.0941. The molecule has 0 saturated heterocycles. The van der Waals surface area contributed by atoms with Crippen molar-refractivity contribution in [2.45, 2.75) is 25.7 Å². The first-order valence-corrected chi connectivity index (χ1v) is 10.5. The van der Waals surface area contributed by atoms with E-state index in [0.29, 0.717) is 24.2 Å². The number of alkyl halides is 2. The molecular weight excluding hydrogens is 506 g/mol. The molecule has 0 aliphatic rings. The molecular formula is C16H22I2N2O2. The van der Waals surface area contributed by atoms with Crippen molar-refractivity contribution in [1.29, 1.82) is 0 Å². The summed E-state index contributed by atoms with van der Waals surface area (Å²) < 4.78 is 2.21. The Morgan fingerprint density at radius 2 is 1.09 bits per heavy atom. The summed E-state index contributed by atoms with van der Waals surface area (Å²) in [6.45, 7) is 1.39. The zero-order valence-corrected chi connectivity index (χ0v) is 16.9. The Kier molecular flexibility index (Phi) is 10.8. The van der Waals surface area contributed by atoms with Gasteiger partial charge in [0.25, 0.3) is 11.8 Å². The molecule has 0 heterocycles. The van der Waals surface area contributed by atoms with Crippen LogP contribution in [0.5, 0.6) is 0 Å². The topological polar surface area (TPSA) is 58.2 Å². The van der Waals surface area contributed by atoms with Crippen LogP contribution in [-0.2, 0) is 0 Å². The van der Waals surface area contributed by atoms with Gasteiger partial charge in [0.1, 0.15) is 0 Å². The van der Waals surface area contributed by atoms with Crippen LogP contribution in [-0.4, -0.2) is 33.8 Å². The number of halogens is 2. The zero-order valence-electron chi connectivity index (χ0n) is 12.5. The molecule has 0 bridgehead atoms. The van der Waals surface area contributed by atoms with E-state index < -0.39 is 0 Å². The van der Waals surface area contributed by atoms with Gasteiger partial charge in [0, 0.05) is 24.2 Å². The molecule has 1 rings (SSSR count). The molecule has 0 atom stereocenters. The third kappa shape index (κ3) is 7.75. The minimum Gasteiger partial charge on any atom is -0.352 e. The molecule has 0 aromatic heterocycles. The van der Waals surface area contributed by atoms with Crippen LogP contribution in [0.3, 0.4) is 0 Å². The van der Waals surface area contributed by atoms with E-state index in [0.717, 1.165) is 34.5 Å². The summed E-state index contributed by atoms with van der Waals surface area (Å²) in [5, 5.41) is 5.77. The predicted molar refractivity (Wildman–Crippen MR) is 107 cm³/mol. The number of unbranched alkanes of at least 4 members (excludes halogenated alkanes) is 2. The summed E-state index contributed by atoms with van der Waals surface area (Å²) in [6, 6.07) is 6.81. The van der Waals surface area contributed by atoms with Gasteiger partial charge in [0.05, 0.1) is 0 Å². The second-order valence-corrected chi connectivity index (χ2v) is 7.04. The molecule has 4 nitrogen and oxygen atoms in total. The first kappa shape index (κ1) is 19.7. The van der Waals surface area contributed by atoms with E-state index in [1.807, 2.05) is 0 Å². The highest BCUT2D eigenvalue weighted by atomic mass is 127. The standard InChI is InChI=1S/C16H22I2N2O2/c17-9-1-3-11-19-15(21)13-5-7-14(8-6-13)16(22)20-12-4-2-10-18/h5-8H,1-4,9-12H2,(H,19,21)(H,20,22). The molecule has 1 aromatic carbocycles. The summed E-state index contributed by atoms with van der Waals surface area (Å²) in [6.07, 6.45) is 4.20. The number of nitrogens with one attached hydrogen (secondary N) is 2. The largest absolute Gasteiger partial charge is 0.352 e. The second-order valence-electron chi connectivity index (χ2n) is 4.88. The Labute approximate surface area is 159 Å². The number of benzene rings is 1. The van der Waals surface area contributed by atoms with E-state index in [-0.39, 0.29) is 11.8 Å². The molecule has 122 valence electrons. The van der Waals surface area contributed by atoms with Gasteiger partial charge in [-0.2, -0.15) is 0 Å². The van der Waals surface area contributed by atoms with Gasteiger partial charge in [-0.15, -0.1) is 0 Å². The molecule has 0 radical (unpaired) electrons. The summed E-state index contributed by atoms with van der Waals surface area (Å²) >= 11 is 4.66. The number of carbonyl (C=O) groups is 2. The minimum atomic E-state index is -0.0811. The maximum Gasteiger partial charge on any atom is 0.251 e. The lowest BCUT2D eigenvalue weighted by Gasteiger charge is -2.07. The fourth-order valence-electron chi connectivity index (χ4n) is 1.82. The van der Waals surface area contributed by atoms with Gasteiger partial charge in [-0.3, -0.25) is 9.59 Å². The average Bonchev–Trinajstić information content (AvgIpc) is 2.55. The van der Waals surface area contributed by atoms with Gasteiger partial charge in [-0.05, 0) is 58.8 Å². The van der Waals surface area contributed by atoms with Crippen LogP contribution in [0, 0.1) is 0 Å². The van der Waals surface area contributed by atoms with Crippen LogP contribution in [0.4, 0.5) is 0 Å². The highest BCUT2D eigenvalue weighted by Crippen LogP contribution is 2.05. The molecule has 0 aliphatic carbocycles. The van der Waals surface area contributed by atoms with Crippen LogP contribution < -0.4 is 10.6 Å². The Morgan fingerprint density at radius 1 is 0.727 bits per heavy atom. The van der Waals surface area contributed by atoms with Gasteiger partial charge in [-0.1, -0.05) is 45.2 Å². The smallest absolute Gasteiger partial charge is 0.251 e. The van der Waals surface area contributed by atoms with Crippen LogP contribution >= 0.6 is 45.2 Å². The average molecular weight is 528 g/mol. The summed E-state index contributed by atoms with van der Waals surface area (Å²) in [5.74, 6) is -0.162. The van der Waals surface area contributed by atoms with Crippen molar-refractivity contribution >= 4 is 57.0 Å². The molecule has 0 spiro atoms. The van der Waals surface area contributed by atoms with Gasteiger partial charge in [0.2, 0.25) is 0 Å². The van der Waals surface area contributed by atoms with Crippen molar-refractivity contribution in [1.82, 2.24) is 10.6 Å². The Balaban J connectivity index is 2.41. The monoisotopic (exact) mass is 528 g/mol. The van der Waals surface area contributed by atoms with Crippen LogP contribution in [0.15, 0.2) is 24.3 Å². The summed E-state index contributed by atoms with van der Waals surface area (Å²) in [5.41, 5.74) is 1.19. The van der Waals surface area contributed by atoms with Gasteiger partial charge >= 0.3 is 0 Å². The van der Waals surface area contributed by atoms with Gasteiger partial charge in [0.15, 0.2) is 0 Å². The van der Waals surface area contributed by atoms with Crippen molar-refractivity contribution in [3.63, 3.8) is 0 Å². The number of hydrogen-bond acceptors (Lipinski definition) is 2. The lowest BCUT2D eigenvalue weighted by atomic mass is 10.1. The fraction of sp³-hybridized carbons (Fsp3) is 0.500. The lowest BCUT2D eigenvalue weighted by Crippen LogP contribution is -2.26. The number of hydrogen-bond donors (Lipinski definition) is 2. The summed E-state index contributed by atoms with van der Waals surface area (Å²) in [7, 11) is 0. The van der Waals surface area contributed by atoms with Crippen molar-refractivity contribution in [3.05, 3.63) is 35.4 Å². The zero-order chi connectivity index (χ0) is 16.2. The van der Waals surface area contributed by atoms with E-state index in [4.69, 9.17) is 0 Å². The van der Waals surface area contributed by atoms with Crippen molar-refractivity contribution < 1.29 is 9.59 Å². The first-order chi connectivity index (χ1) is 10.7. The van der Waals surface area contributed by atoms with E-state index in [9.17, 15) is 9.59 Å². The molecule has 0 aliphatic heterocycles. The third-order valence-corrected chi connectivity index (χ3v) is 4.63. The van der Waals surface area contributed by atoms with Crippen molar-refractivity contribution in [2.75, 3.05) is 21.9 Å². The van der Waals surface area contributed by atoms with E-state index in [2.05, 4.69) is 55.8 Å². The molecule has 0 saturated carbocycles. The molecule has 2 amide bonds. The normalized spacial score (nSPS) is 10.3. The highest BCUT2D eigenvalue weighted by molar-refractivity contribution is 14.1. The third-order valence-electron chi connectivity index (χ3n) is 3.10. The van der Waals surface area contributed by atoms with Crippen LogP contribution in [0.25, 0.3) is 0 Å². The van der Waals surface area contributed by atoms with Gasteiger partial charge in [-0.25, -0.2) is 0 Å². The SMILES string of the molecule is O=C(NCCCCI)c1ccc(C(=O)NCCCCI)cc1. The number of rotatable bonds is 10. The number of carbonyl (C=O) groups excluding carboxylic acids is 2. The van der Waals surface area contributed by atoms with Crippen molar-refractivity contribution in [3.8, 4) is 0 Å². The molecule has 0 fully saturated rings. The summed E-state index contributed by atoms with van der Waals surface area (Å²) in [4.78, 5) is 23.8. The van der Waals surface area contributed by atoms with E-state index in [1.165, 1.54) is 0 Å². The Hall–Kier alpha value is -0.380. The second kappa shape index (κ2) is 12.1. The minimum absolute atomic E-state index is 0.0811. The Bertz CT molecular complexity index is 421. The fourth-order valence-corrected chi connectivity index (χ4v) is 2.90. The number of amides is 2. The molecule has 0 unspecified atom stereocenters. The molecule has 1 aromatic rings. The molecule has 22 heavy (non-hydrogen) atoms. The Morgan fingerprint density at radius 3 is 1.41 bits per heavy atom. The first-order valence-electron chi connectivity index (χ1n) is 7.47. The maximum absolute atomic E-state index is 11.9. The van der Waals surface area contributed by atoms with Crippen LogP contribution in [0.1, 0.15) is 46.4 Å². The molecule has 6 heteroatoms. The van der Waals surface area contributed by atoms with Crippen molar-refractivity contribution in [2.24, 2.45) is 0 Å². The highest BCUT2D eigenvalue weighted by Gasteiger charge is 2.08. The maximum atomic E-state index is 11.9. The van der Waals surface area contributed by atoms with E-state index >= 15 is 0 Å². The van der Waals surface area contributed by atoms with Gasteiger partial charge < -0.3 is 10.6 Å². The predicted octanol–water partition coefficient (Wildman–Crippen LogP) is 3.58. The quantitative estimate of drug-likeness (QED) is 0.277. The van der Waals surface area contributed by atoms with Crippen LogP contribution in [0.2, 0.25) is 0 Å². The molecule has 2 N–H and O–H groups in total.